The van der Waals surface area contributed by atoms with Gasteiger partial charge in [0.25, 0.3) is 0 Å². The predicted molar refractivity (Wildman–Crippen MR) is 96.7 cm³/mol. The van der Waals surface area contributed by atoms with Crippen LogP contribution in [0.25, 0.3) is 0 Å². The first-order chi connectivity index (χ1) is 11.5. The lowest BCUT2D eigenvalue weighted by molar-refractivity contribution is -0.127. The second-order valence-corrected chi connectivity index (χ2v) is 7.11. The van der Waals surface area contributed by atoms with E-state index in [4.69, 9.17) is 4.74 Å². The minimum Gasteiger partial charge on any atom is -0.381 e. The first kappa shape index (κ1) is 20.9. The van der Waals surface area contributed by atoms with Gasteiger partial charge in [0.2, 0.25) is 11.8 Å². The van der Waals surface area contributed by atoms with Gasteiger partial charge in [-0.3, -0.25) is 9.59 Å². The predicted octanol–water partition coefficient (Wildman–Crippen LogP) is 3.03. The number of carbonyl (C=O) groups excluding carboxylic acids is 2. The van der Waals surface area contributed by atoms with E-state index in [2.05, 4.69) is 31.4 Å². The second-order valence-electron chi connectivity index (χ2n) is 7.11. The minimum atomic E-state index is -0.0521. The van der Waals surface area contributed by atoms with Gasteiger partial charge < -0.3 is 15.4 Å². The summed E-state index contributed by atoms with van der Waals surface area (Å²) in [6, 6.07) is 0.268. The molecule has 0 aliphatic heterocycles. The molecule has 0 saturated heterocycles. The first-order valence-corrected chi connectivity index (χ1v) is 9.68. The van der Waals surface area contributed by atoms with Crippen LogP contribution < -0.4 is 10.6 Å². The van der Waals surface area contributed by atoms with Crippen LogP contribution in [0.3, 0.4) is 0 Å². The third-order valence-electron chi connectivity index (χ3n) is 5.06. The average molecular weight is 341 g/mol. The molecule has 24 heavy (non-hydrogen) atoms. The molecule has 3 atom stereocenters. The van der Waals surface area contributed by atoms with Crippen molar-refractivity contribution in [2.24, 2.45) is 11.8 Å². The number of ether oxygens (including phenoxy) is 1. The van der Waals surface area contributed by atoms with Gasteiger partial charge in [-0.2, -0.15) is 0 Å². The van der Waals surface area contributed by atoms with E-state index >= 15 is 0 Å². The second kappa shape index (κ2) is 12.3. The molecule has 0 heterocycles. The smallest absolute Gasteiger partial charge is 0.220 e. The van der Waals surface area contributed by atoms with Crippen LogP contribution in [0.4, 0.5) is 0 Å². The van der Waals surface area contributed by atoms with Crippen LogP contribution in [0, 0.1) is 11.8 Å². The fourth-order valence-electron chi connectivity index (χ4n) is 3.13. The van der Waals surface area contributed by atoms with Gasteiger partial charge in [0.15, 0.2) is 0 Å². The highest BCUT2D eigenvalue weighted by Crippen LogP contribution is 2.29. The van der Waals surface area contributed by atoms with Crippen LogP contribution in [-0.4, -0.2) is 37.6 Å². The van der Waals surface area contributed by atoms with Crippen molar-refractivity contribution < 1.29 is 14.3 Å². The Morgan fingerprint density at radius 3 is 2.50 bits per heavy atom. The average Bonchev–Trinajstić information content (AvgIpc) is 2.56. The Bertz CT molecular complexity index is 374. The number of rotatable bonds is 11. The Morgan fingerprint density at radius 2 is 1.75 bits per heavy atom. The lowest BCUT2D eigenvalue weighted by atomic mass is 9.78. The number of carbonyl (C=O) groups is 2. The van der Waals surface area contributed by atoms with E-state index in [1.807, 2.05) is 0 Å². The Balaban J connectivity index is 2.06. The Kier molecular flexibility index (Phi) is 10.7. The van der Waals surface area contributed by atoms with Gasteiger partial charge in [-0.1, -0.05) is 40.0 Å². The van der Waals surface area contributed by atoms with Gasteiger partial charge in [-0.25, -0.2) is 0 Å². The van der Waals surface area contributed by atoms with Crippen molar-refractivity contribution in [2.45, 2.75) is 78.2 Å². The van der Waals surface area contributed by atoms with Crippen molar-refractivity contribution in [1.29, 1.82) is 0 Å². The number of hydrogen-bond acceptors (Lipinski definition) is 3. The topological polar surface area (TPSA) is 67.4 Å². The lowest BCUT2D eigenvalue weighted by Gasteiger charge is -2.34. The molecule has 2 N–H and O–H groups in total. The quantitative estimate of drug-likeness (QED) is 0.568. The first-order valence-electron chi connectivity index (χ1n) is 9.68. The summed E-state index contributed by atoms with van der Waals surface area (Å²) in [5.41, 5.74) is 0. The SMILES string of the molecule is CCCCOCCCNC(=O)CCC(=O)N[C@@H]1CCC[C@@H](C)[C@H]1C. The molecule has 0 aromatic rings. The molecule has 0 aromatic heterocycles. The standard InChI is InChI=1S/C19H36N2O3/c1-4-5-13-24-14-7-12-20-18(22)10-11-19(23)21-17-9-6-8-15(2)16(17)3/h15-17H,4-14H2,1-3H3,(H,20,22)(H,21,23)/t15-,16-,17-/m1/s1. The fraction of sp³-hybridized carbons (Fsp3) is 0.895. The Morgan fingerprint density at radius 1 is 1.04 bits per heavy atom. The van der Waals surface area contributed by atoms with Crippen molar-refractivity contribution in [1.82, 2.24) is 10.6 Å². The highest BCUT2D eigenvalue weighted by molar-refractivity contribution is 5.83. The Hall–Kier alpha value is -1.10. The summed E-state index contributed by atoms with van der Waals surface area (Å²) in [4.78, 5) is 23.8. The van der Waals surface area contributed by atoms with Crippen LogP contribution in [0.1, 0.15) is 72.1 Å². The van der Waals surface area contributed by atoms with Crippen molar-refractivity contribution in [2.75, 3.05) is 19.8 Å². The number of unbranched alkanes of at least 4 members (excludes halogenated alkanes) is 1. The molecule has 1 aliphatic carbocycles. The van der Waals surface area contributed by atoms with Gasteiger partial charge in [-0.05, 0) is 31.1 Å². The molecule has 2 amide bonds. The van der Waals surface area contributed by atoms with Crippen LogP contribution in [0.2, 0.25) is 0 Å². The maximum absolute atomic E-state index is 12.0. The highest BCUT2D eigenvalue weighted by atomic mass is 16.5. The maximum Gasteiger partial charge on any atom is 0.220 e. The normalized spacial score (nSPS) is 23.7. The molecular formula is C19H36N2O3. The Labute approximate surface area is 147 Å². The van der Waals surface area contributed by atoms with Gasteiger partial charge >= 0.3 is 0 Å². The monoisotopic (exact) mass is 340 g/mol. The summed E-state index contributed by atoms with van der Waals surface area (Å²) in [7, 11) is 0. The summed E-state index contributed by atoms with van der Waals surface area (Å²) in [6.07, 6.45) is 7.06. The largest absolute Gasteiger partial charge is 0.381 e. The lowest BCUT2D eigenvalue weighted by Crippen LogP contribution is -2.43. The summed E-state index contributed by atoms with van der Waals surface area (Å²) >= 11 is 0. The molecular weight excluding hydrogens is 304 g/mol. The molecule has 0 unspecified atom stereocenters. The van der Waals surface area contributed by atoms with E-state index in [-0.39, 0.29) is 30.7 Å². The van der Waals surface area contributed by atoms with E-state index in [0.29, 0.717) is 25.0 Å². The molecule has 0 radical (unpaired) electrons. The van der Waals surface area contributed by atoms with Crippen LogP contribution >= 0.6 is 0 Å². The van der Waals surface area contributed by atoms with Crippen molar-refractivity contribution in [3.05, 3.63) is 0 Å². The van der Waals surface area contributed by atoms with Crippen LogP contribution in [-0.2, 0) is 14.3 Å². The summed E-state index contributed by atoms with van der Waals surface area (Å²) in [5.74, 6) is 1.12. The van der Waals surface area contributed by atoms with Gasteiger partial charge in [0.1, 0.15) is 0 Å². The van der Waals surface area contributed by atoms with Crippen molar-refractivity contribution in [3.63, 3.8) is 0 Å². The van der Waals surface area contributed by atoms with Gasteiger partial charge in [0, 0.05) is 38.6 Å². The van der Waals surface area contributed by atoms with Gasteiger partial charge in [-0.15, -0.1) is 0 Å². The molecule has 1 rings (SSSR count). The van der Waals surface area contributed by atoms with E-state index in [1.165, 1.54) is 12.8 Å². The minimum absolute atomic E-state index is 0.000927. The zero-order chi connectivity index (χ0) is 17.8. The molecule has 0 aromatic carbocycles. The van der Waals surface area contributed by atoms with Crippen molar-refractivity contribution in [3.8, 4) is 0 Å². The third kappa shape index (κ3) is 8.67. The molecule has 5 heteroatoms. The number of nitrogens with one attached hydrogen (secondary N) is 2. The zero-order valence-electron chi connectivity index (χ0n) is 15.7. The van der Waals surface area contributed by atoms with E-state index in [1.54, 1.807) is 0 Å². The van der Waals surface area contributed by atoms with Crippen molar-refractivity contribution >= 4 is 11.8 Å². The molecule has 0 spiro atoms. The summed E-state index contributed by atoms with van der Waals surface area (Å²) in [5, 5.41) is 5.96. The highest BCUT2D eigenvalue weighted by Gasteiger charge is 2.27. The number of amides is 2. The van der Waals surface area contributed by atoms with Crippen LogP contribution in [0.15, 0.2) is 0 Å². The molecule has 1 fully saturated rings. The molecule has 1 aliphatic rings. The third-order valence-corrected chi connectivity index (χ3v) is 5.06. The molecule has 0 bridgehead atoms. The maximum atomic E-state index is 12.0. The zero-order valence-corrected chi connectivity index (χ0v) is 15.7. The summed E-state index contributed by atoms with van der Waals surface area (Å²) < 4.78 is 5.44. The van der Waals surface area contributed by atoms with E-state index < -0.39 is 0 Å². The number of hydrogen-bond donors (Lipinski definition) is 2. The summed E-state index contributed by atoms with van der Waals surface area (Å²) in [6.45, 7) is 8.69. The molecule has 140 valence electrons. The van der Waals surface area contributed by atoms with E-state index in [9.17, 15) is 9.59 Å². The van der Waals surface area contributed by atoms with E-state index in [0.717, 1.165) is 32.3 Å². The van der Waals surface area contributed by atoms with Gasteiger partial charge in [0.05, 0.1) is 0 Å². The molecule has 1 saturated carbocycles. The fourth-order valence-corrected chi connectivity index (χ4v) is 3.13. The van der Waals surface area contributed by atoms with Crippen LogP contribution in [0.5, 0.6) is 0 Å². The molecule has 5 nitrogen and oxygen atoms in total.